The number of nitrogens with one attached hydrogen (secondary N) is 2. The fourth-order valence-corrected chi connectivity index (χ4v) is 5.50. The van der Waals surface area contributed by atoms with Crippen LogP contribution >= 0.6 is 0 Å². The van der Waals surface area contributed by atoms with Crippen LogP contribution in [-0.4, -0.2) is 29.0 Å². The standard InChI is InChI=1S/C42H37N3O7/c1-26(2)52-39-21-31(43)14-17-35(39)41(47)45-32-15-18-34(37(22-32)51-25-28-12-13-29-10-6-7-11-30(29)20-28)40(46)44-33-16-19-36(42(48)49)38(23-33)50-24-27-8-4-3-5-9-27/h3-23,26H,24-25,43H2,1-2H3,(H,44,46)(H,45,47)(H,48,49). The van der Waals surface area contributed by atoms with Crippen molar-refractivity contribution in [1.82, 2.24) is 0 Å². The molecule has 0 fully saturated rings. The molecule has 0 unspecified atom stereocenters. The Balaban J connectivity index is 1.27. The van der Waals surface area contributed by atoms with E-state index in [1.807, 2.05) is 86.6 Å². The average Bonchev–Trinajstić information content (AvgIpc) is 3.13. The molecule has 6 rings (SSSR count). The summed E-state index contributed by atoms with van der Waals surface area (Å²) < 4.78 is 18.0. The lowest BCUT2D eigenvalue weighted by Crippen LogP contribution is -2.17. The summed E-state index contributed by atoms with van der Waals surface area (Å²) in [7, 11) is 0. The van der Waals surface area contributed by atoms with E-state index in [0.29, 0.717) is 28.4 Å². The fraction of sp³-hybridized carbons (Fsp3) is 0.119. The minimum Gasteiger partial charge on any atom is -0.490 e. The Morgan fingerprint density at radius 2 is 1.15 bits per heavy atom. The Morgan fingerprint density at radius 1 is 0.596 bits per heavy atom. The molecule has 0 atom stereocenters. The minimum atomic E-state index is -1.16. The molecular weight excluding hydrogens is 658 g/mol. The number of amides is 2. The Bertz CT molecular complexity index is 2250. The number of rotatable bonds is 13. The number of nitrogens with two attached hydrogens (primary N) is 1. The van der Waals surface area contributed by atoms with Gasteiger partial charge in [0.15, 0.2) is 0 Å². The summed E-state index contributed by atoms with van der Waals surface area (Å²) in [4.78, 5) is 39.2. The molecule has 6 aromatic rings. The van der Waals surface area contributed by atoms with E-state index in [9.17, 15) is 19.5 Å². The second kappa shape index (κ2) is 15.8. The van der Waals surface area contributed by atoms with Gasteiger partial charge >= 0.3 is 5.97 Å². The van der Waals surface area contributed by atoms with Gasteiger partial charge < -0.3 is 35.7 Å². The fourth-order valence-electron chi connectivity index (χ4n) is 5.50. The summed E-state index contributed by atoms with van der Waals surface area (Å²) >= 11 is 0. The molecule has 0 radical (unpaired) electrons. The predicted octanol–water partition coefficient (Wildman–Crippen LogP) is 8.57. The molecule has 2 amide bonds. The predicted molar refractivity (Wildman–Crippen MR) is 201 cm³/mol. The highest BCUT2D eigenvalue weighted by Gasteiger charge is 2.20. The van der Waals surface area contributed by atoms with E-state index in [1.54, 1.807) is 36.4 Å². The summed E-state index contributed by atoms with van der Waals surface area (Å²) in [5.74, 6) is -1.46. The molecule has 0 saturated carbocycles. The minimum absolute atomic E-state index is 0.0449. The molecule has 0 spiro atoms. The number of carbonyl (C=O) groups excluding carboxylic acids is 2. The normalized spacial score (nSPS) is 10.8. The van der Waals surface area contributed by atoms with Crippen molar-refractivity contribution in [3.8, 4) is 17.2 Å². The zero-order valence-corrected chi connectivity index (χ0v) is 28.6. The molecule has 0 heterocycles. The number of carboxylic acid groups (broad SMARTS) is 1. The van der Waals surface area contributed by atoms with Crippen molar-refractivity contribution in [2.24, 2.45) is 0 Å². The smallest absolute Gasteiger partial charge is 0.339 e. The Kier molecular flexibility index (Phi) is 10.7. The van der Waals surface area contributed by atoms with Gasteiger partial charge in [-0.1, -0.05) is 66.7 Å². The van der Waals surface area contributed by atoms with Gasteiger partial charge in [0.2, 0.25) is 0 Å². The lowest BCUT2D eigenvalue weighted by Gasteiger charge is -2.17. The maximum atomic E-state index is 13.8. The molecule has 262 valence electrons. The van der Waals surface area contributed by atoms with Crippen LogP contribution in [0.4, 0.5) is 17.1 Å². The van der Waals surface area contributed by atoms with Gasteiger partial charge in [0.05, 0.1) is 17.2 Å². The number of benzene rings is 6. The van der Waals surface area contributed by atoms with Crippen molar-refractivity contribution in [3.63, 3.8) is 0 Å². The number of anilines is 3. The van der Waals surface area contributed by atoms with Gasteiger partial charge in [-0.3, -0.25) is 9.59 Å². The molecule has 52 heavy (non-hydrogen) atoms. The molecule has 0 aliphatic rings. The van der Waals surface area contributed by atoms with E-state index >= 15 is 0 Å². The third kappa shape index (κ3) is 8.67. The summed E-state index contributed by atoms with van der Waals surface area (Å²) in [6, 6.07) is 37.1. The molecule has 0 bridgehead atoms. The second-order valence-electron chi connectivity index (χ2n) is 12.3. The first-order valence-corrected chi connectivity index (χ1v) is 16.6. The summed E-state index contributed by atoms with van der Waals surface area (Å²) in [5, 5.41) is 17.6. The van der Waals surface area contributed by atoms with E-state index in [2.05, 4.69) is 10.6 Å². The SMILES string of the molecule is CC(C)Oc1cc(N)ccc1C(=O)Nc1ccc(C(=O)Nc2ccc(C(=O)O)c(OCc3ccccc3)c2)c(OCc2ccc3ccccc3c2)c1. The summed E-state index contributed by atoms with van der Waals surface area (Å²) in [6.07, 6.45) is -0.187. The quantitative estimate of drug-likeness (QED) is 0.0878. The number of fused-ring (bicyclic) bond motifs is 1. The first-order chi connectivity index (χ1) is 25.1. The first-order valence-electron chi connectivity index (χ1n) is 16.6. The highest BCUT2D eigenvalue weighted by atomic mass is 16.5. The highest BCUT2D eigenvalue weighted by Crippen LogP contribution is 2.30. The highest BCUT2D eigenvalue weighted by molar-refractivity contribution is 6.09. The van der Waals surface area contributed by atoms with Gasteiger partial charge in [0.25, 0.3) is 11.8 Å². The summed E-state index contributed by atoms with van der Waals surface area (Å²) in [6.45, 7) is 3.98. The number of carboxylic acids is 1. The molecule has 0 saturated heterocycles. The van der Waals surface area contributed by atoms with E-state index in [4.69, 9.17) is 19.9 Å². The van der Waals surface area contributed by atoms with Crippen molar-refractivity contribution in [1.29, 1.82) is 0 Å². The maximum absolute atomic E-state index is 13.8. The molecule has 10 nitrogen and oxygen atoms in total. The Labute approximate surface area is 300 Å². The van der Waals surface area contributed by atoms with E-state index in [0.717, 1.165) is 21.9 Å². The summed E-state index contributed by atoms with van der Waals surface area (Å²) in [5.41, 5.74) is 9.27. The van der Waals surface area contributed by atoms with Gasteiger partial charge in [0, 0.05) is 35.3 Å². The lowest BCUT2D eigenvalue weighted by atomic mass is 10.1. The number of aromatic carboxylic acids is 1. The van der Waals surface area contributed by atoms with Crippen molar-refractivity contribution >= 4 is 45.6 Å². The monoisotopic (exact) mass is 695 g/mol. The number of hydrogen-bond donors (Lipinski definition) is 4. The molecule has 0 aromatic heterocycles. The Hall–Kier alpha value is -6.81. The molecule has 0 aliphatic heterocycles. The Morgan fingerprint density at radius 3 is 1.81 bits per heavy atom. The van der Waals surface area contributed by atoms with Crippen LogP contribution in [0.15, 0.2) is 127 Å². The van der Waals surface area contributed by atoms with Crippen LogP contribution in [0.1, 0.15) is 56.0 Å². The van der Waals surface area contributed by atoms with Crippen molar-refractivity contribution in [3.05, 3.63) is 155 Å². The maximum Gasteiger partial charge on any atom is 0.339 e. The number of carbonyl (C=O) groups is 3. The van der Waals surface area contributed by atoms with Crippen LogP contribution in [0.3, 0.4) is 0 Å². The van der Waals surface area contributed by atoms with E-state index in [1.165, 1.54) is 18.2 Å². The molecular formula is C42H37N3O7. The van der Waals surface area contributed by atoms with Crippen molar-refractivity contribution in [2.45, 2.75) is 33.2 Å². The van der Waals surface area contributed by atoms with Gasteiger partial charge in [-0.05, 0) is 78.2 Å². The van der Waals surface area contributed by atoms with Gasteiger partial charge in [0.1, 0.15) is 36.0 Å². The van der Waals surface area contributed by atoms with Crippen LogP contribution in [0.5, 0.6) is 17.2 Å². The van der Waals surface area contributed by atoms with Gasteiger partial charge in [-0.25, -0.2) is 4.79 Å². The van der Waals surface area contributed by atoms with Crippen LogP contribution < -0.4 is 30.6 Å². The van der Waals surface area contributed by atoms with Crippen LogP contribution in [0.25, 0.3) is 10.8 Å². The number of nitrogen functional groups attached to an aromatic ring is 1. The van der Waals surface area contributed by atoms with Crippen molar-refractivity contribution < 1.29 is 33.7 Å². The third-order valence-corrected chi connectivity index (χ3v) is 8.01. The van der Waals surface area contributed by atoms with Crippen LogP contribution in [-0.2, 0) is 13.2 Å². The lowest BCUT2D eigenvalue weighted by molar-refractivity contribution is 0.0691. The zero-order chi connectivity index (χ0) is 36.6. The first kappa shape index (κ1) is 35.0. The zero-order valence-electron chi connectivity index (χ0n) is 28.6. The van der Waals surface area contributed by atoms with Gasteiger partial charge in [-0.15, -0.1) is 0 Å². The van der Waals surface area contributed by atoms with Crippen molar-refractivity contribution in [2.75, 3.05) is 16.4 Å². The largest absolute Gasteiger partial charge is 0.490 e. The van der Waals surface area contributed by atoms with E-state index in [-0.39, 0.29) is 41.9 Å². The van der Waals surface area contributed by atoms with Crippen LogP contribution in [0.2, 0.25) is 0 Å². The molecule has 5 N–H and O–H groups in total. The molecule has 6 aromatic carbocycles. The number of hydrogen-bond acceptors (Lipinski definition) is 7. The second-order valence-corrected chi connectivity index (χ2v) is 12.3. The average molecular weight is 696 g/mol. The van der Waals surface area contributed by atoms with Crippen LogP contribution in [0, 0.1) is 0 Å². The molecule has 10 heteroatoms. The van der Waals surface area contributed by atoms with E-state index < -0.39 is 17.8 Å². The number of ether oxygens (including phenoxy) is 3. The molecule has 0 aliphatic carbocycles. The van der Waals surface area contributed by atoms with Gasteiger partial charge in [-0.2, -0.15) is 0 Å². The third-order valence-electron chi connectivity index (χ3n) is 8.01. The topological polar surface area (TPSA) is 149 Å².